The second-order valence-electron chi connectivity index (χ2n) is 4.51. The number of piperidine rings is 1. The minimum atomic E-state index is 0.0721. The molecule has 17 heavy (non-hydrogen) atoms. The molecule has 1 aromatic heterocycles. The Morgan fingerprint density at radius 2 is 2.47 bits per heavy atom. The molecule has 1 aromatic rings. The van der Waals surface area contributed by atoms with E-state index in [1.54, 1.807) is 15.9 Å². The normalized spacial score (nSPS) is 20.2. The van der Waals surface area contributed by atoms with Crippen molar-refractivity contribution in [1.29, 1.82) is 0 Å². The van der Waals surface area contributed by atoms with Crippen molar-refractivity contribution in [3.63, 3.8) is 0 Å². The highest BCUT2D eigenvalue weighted by atomic mass is 16.2. The first-order valence-electron chi connectivity index (χ1n) is 6.05. The van der Waals surface area contributed by atoms with Gasteiger partial charge in [-0.3, -0.25) is 4.79 Å². The summed E-state index contributed by atoms with van der Waals surface area (Å²) in [6.45, 7) is 2.10. The van der Waals surface area contributed by atoms with Crippen LogP contribution in [0.1, 0.15) is 19.3 Å². The van der Waals surface area contributed by atoms with E-state index in [9.17, 15) is 4.79 Å². The number of hydrogen-bond acceptors (Lipinski definition) is 4. The highest BCUT2D eigenvalue weighted by molar-refractivity contribution is 5.75. The number of amides is 1. The molecule has 2 heterocycles. The zero-order valence-electron chi connectivity index (χ0n) is 10.2. The molecule has 6 heteroatoms. The van der Waals surface area contributed by atoms with Crippen molar-refractivity contribution in [2.45, 2.75) is 31.8 Å². The molecule has 2 rings (SSSR count). The summed E-state index contributed by atoms with van der Waals surface area (Å²) in [5, 5.41) is 7.36. The first kappa shape index (κ1) is 12.0. The van der Waals surface area contributed by atoms with E-state index in [1.807, 2.05) is 7.05 Å². The predicted molar refractivity (Wildman–Crippen MR) is 63.3 cm³/mol. The van der Waals surface area contributed by atoms with E-state index in [2.05, 4.69) is 15.4 Å². The fourth-order valence-electron chi connectivity index (χ4n) is 2.09. The molecule has 1 aliphatic heterocycles. The molecule has 1 atom stereocenters. The van der Waals surface area contributed by atoms with Gasteiger partial charge < -0.3 is 10.2 Å². The highest BCUT2D eigenvalue weighted by Crippen LogP contribution is 2.08. The maximum atomic E-state index is 11.9. The number of hydrogen-bond donors (Lipinski definition) is 1. The van der Waals surface area contributed by atoms with E-state index in [1.165, 1.54) is 19.2 Å². The van der Waals surface area contributed by atoms with Crippen LogP contribution < -0.4 is 5.32 Å². The number of rotatable bonds is 4. The van der Waals surface area contributed by atoms with Crippen LogP contribution in [0.15, 0.2) is 12.7 Å². The Morgan fingerprint density at radius 1 is 1.59 bits per heavy atom. The van der Waals surface area contributed by atoms with E-state index in [0.717, 1.165) is 19.5 Å². The Hall–Kier alpha value is -1.43. The molecule has 6 nitrogen and oxygen atoms in total. The third-order valence-electron chi connectivity index (χ3n) is 3.10. The van der Waals surface area contributed by atoms with Crippen LogP contribution in [-0.4, -0.2) is 51.8 Å². The van der Waals surface area contributed by atoms with Gasteiger partial charge in [-0.15, -0.1) is 0 Å². The van der Waals surface area contributed by atoms with Gasteiger partial charge in [0, 0.05) is 19.6 Å². The first-order chi connectivity index (χ1) is 8.25. The molecule has 94 valence electrons. The van der Waals surface area contributed by atoms with Crippen molar-refractivity contribution >= 4 is 5.91 Å². The van der Waals surface area contributed by atoms with Crippen molar-refractivity contribution < 1.29 is 4.79 Å². The van der Waals surface area contributed by atoms with Crippen LogP contribution in [0.5, 0.6) is 0 Å². The molecule has 0 aliphatic carbocycles. The summed E-state index contributed by atoms with van der Waals surface area (Å²) in [4.78, 5) is 17.5. The van der Waals surface area contributed by atoms with Gasteiger partial charge >= 0.3 is 0 Å². The molecular formula is C11H19N5O. The second kappa shape index (κ2) is 5.77. The number of carbonyl (C=O) groups is 1. The zero-order valence-corrected chi connectivity index (χ0v) is 10.2. The summed E-state index contributed by atoms with van der Waals surface area (Å²) in [5.74, 6) is 0.0721. The van der Waals surface area contributed by atoms with Gasteiger partial charge in [0.05, 0.1) is 0 Å². The Bertz CT molecular complexity index is 345. The third kappa shape index (κ3) is 3.52. The number of likely N-dealkylation sites (N-methyl/N-ethyl adjacent to an activating group) is 1. The minimum Gasteiger partial charge on any atom is -0.343 e. The van der Waals surface area contributed by atoms with Crippen LogP contribution in [0.25, 0.3) is 0 Å². The largest absolute Gasteiger partial charge is 0.343 e. The maximum Gasteiger partial charge on any atom is 0.244 e. The van der Waals surface area contributed by atoms with Gasteiger partial charge in [-0.2, -0.15) is 5.10 Å². The van der Waals surface area contributed by atoms with Crippen molar-refractivity contribution in [3.8, 4) is 0 Å². The van der Waals surface area contributed by atoms with E-state index in [-0.39, 0.29) is 12.5 Å². The van der Waals surface area contributed by atoms with Crippen LogP contribution >= 0.6 is 0 Å². The predicted octanol–water partition coefficient (Wildman–Crippen LogP) is -0.121. The van der Waals surface area contributed by atoms with Crippen LogP contribution in [0.4, 0.5) is 0 Å². The zero-order chi connectivity index (χ0) is 12.1. The van der Waals surface area contributed by atoms with Crippen molar-refractivity contribution in [2.75, 3.05) is 20.1 Å². The van der Waals surface area contributed by atoms with Gasteiger partial charge in [0.15, 0.2) is 0 Å². The topological polar surface area (TPSA) is 63.1 Å². The van der Waals surface area contributed by atoms with Gasteiger partial charge in [-0.1, -0.05) is 6.42 Å². The van der Waals surface area contributed by atoms with Crippen LogP contribution in [0.2, 0.25) is 0 Å². The van der Waals surface area contributed by atoms with E-state index in [4.69, 9.17) is 0 Å². The van der Waals surface area contributed by atoms with Gasteiger partial charge in [-0.05, 0) is 19.4 Å². The van der Waals surface area contributed by atoms with Crippen LogP contribution in [0.3, 0.4) is 0 Å². The molecule has 1 unspecified atom stereocenters. The first-order valence-corrected chi connectivity index (χ1v) is 6.05. The van der Waals surface area contributed by atoms with Crippen molar-refractivity contribution in [3.05, 3.63) is 12.7 Å². The molecule has 1 N–H and O–H groups in total. The Kier molecular flexibility index (Phi) is 4.08. The van der Waals surface area contributed by atoms with Gasteiger partial charge in [0.2, 0.25) is 5.91 Å². The smallest absolute Gasteiger partial charge is 0.244 e. The summed E-state index contributed by atoms with van der Waals surface area (Å²) in [6, 6.07) is 0.438. The van der Waals surface area contributed by atoms with Crippen molar-refractivity contribution in [1.82, 2.24) is 25.0 Å². The van der Waals surface area contributed by atoms with Crippen LogP contribution in [0, 0.1) is 0 Å². The molecule has 1 fully saturated rings. The fraction of sp³-hybridized carbons (Fsp3) is 0.727. The highest BCUT2D eigenvalue weighted by Gasteiger charge is 2.17. The van der Waals surface area contributed by atoms with Crippen molar-refractivity contribution in [2.24, 2.45) is 0 Å². The maximum absolute atomic E-state index is 11.9. The molecule has 0 bridgehead atoms. The summed E-state index contributed by atoms with van der Waals surface area (Å²) >= 11 is 0. The third-order valence-corrected chi connectivity index (χ3v) is 3.10. The lowest BCUT2D eigenvalue weighted by molar-refractivity contribution is -0.131. The molecule has 0 spiro atoms. The lowest BCUT2D eigenvalue weighted by Gasteiger charge is -2.28. The quantitative estimate of drug-likeness (QED) is 0.793. The van der Waals surface area contributed by atoms with E-state index < -0.39 is 0 Å². The van der Waals surface area contributed by atoms with E-state index >= 15 is 0 Å². The molecule has 0 saturated carbocycles. The molecule has 1 aliphatic rings. The Morgan fingerprint density at radius 3 is 3.12 bits per heavy atom. The number of aromatic nitrogens is 3. The average Bonchev–Trinajstić information content (AvgIpc) is 2.83. The fourth-order valence-corrected chi connectivity index (χ4v) is 2.09. The van der Waals surface area contributed by atoms with Crippen LogP contribution in [-0.2, 0) is 11.3 Å². The minimum absolute atomic E-state index is 0.0721. The summed E-state index contributed by atoms with van der Waals surface area (Å²) in [7, 11) is 1.84. The van der Waals surface area contributed by atoms with E-state index in [0.29, 0.717) is 6.04 Å². The van der Waals surface area contributed by atoms with Gasteiger partial charge in [0.1, 0.15) is 19.2 Å². The van der Waals surface area contributed by atoms with Gasteiger partial charge in [0.25, 0.3) is 0 Å². The molecule has 1 amide bonds. The molecule has 1 saturated heterocycles. The molecule has 0 aromatic carbocycles. The molecule has 0 radical (unpaired) electrons. The average molecular weight is 237 g/mol. The Labute approximate surface area is 101 Å². The number of nitrogens with one attached hydrogen (secondary N) is 1. The summed E-state index contributed by atoms with van der Waals surface area (Å²) < 4.78 is 1.55. The SMILES string of the molecule is CN(CC1CCCCN1)C(=O)Cn1cncn1. The Balaban J connectivity index is 1.78. The summed E-state index contributed by atoms with van der Waals surface area (Å²) in [6.07, 6.45) is 6.65. The molecular weight excluding hydrogens is 218 g/mol. The number of nitrogens with zero attached hydrogens (tertiary/aromatic N) is 4. The standard InChI is InChI=1S/C11H19N5O/c1-15(6-10-4-2-3-5-13-10)11(17)7-16-9-12-8-14-16/h8-10,13H,2-7H2,1H3. The van der Waals surface area contributed by atoms with Gasteiger partial charge in [-0.25, -0.2) is 9.67 Å². The lowest BCUT2D eigenvalue weighted by Crippen LogP contribution is -2.45. The number of carbonyl (C=O) groups excluding carboxylic acids is 1. The second-order valence-corrected chi connectivity index (χ2v) is 4.51. The summed E-state index contributed by atoms with van der Waals surface area (Å²) in [5.41, 5.74) is 0. The monoisotopic (exact) mass is 237 g/mol. The lowest BCUT2D eigenvalue weighted by atomic mass is 10.0.